The molecule has 7 heteroatoms. The highest BCUT2D eigenvalue weighted by atomic mass is 16.6. The Balaban J connectivity index is 1.46. The van der Waals surface area contributed by atoms with Crippen LogP contribution in [-0.4, -0.2) is 40.6 Å². The van der Waals surface area contributed by atoms with Crippen LogP contribution in [0, 0.1) is 0 Å². The second-order valence-corrected chi connectivity index (χ2v) is 9.25. The first-order valence-electron chi connectivity index (χ1n) is 12.4. The number of phenols is 1. The number of nitrogens with one attached hydrogen (secondary N) is 1. The third-order valence-corrected chi connectivity index (χ3v) is 6.80. The zero-order valence-corrected chi connectivity index (χ0v) is 20.0. The van der Waals surface area contributed by atoms with Crippen molar-refractivity contribution in [3.05, 3.63) is 90.0 Å². The predicted molar refractivity (Wildman–Crippen MR) is 135 cm³/mol. The molecule has 2 N–H and O–H groups in total. The van der Waals surface area contributed by atoms with E-state index in [9.17, 15) is 14.7 Å². The van der Waals surface area contributed by atoms with Crippen LogP contribution in [0.4, 0.5) is 0 Å². The topological polar surface area (TPSA) is 88.1 Å². The first-order chi connectivity index (χ1) is 17.6. The molecule has 1 aliphatic carbocycles. The summed E-state index contributed by atoms with van der Waals surface area (Å²) in [4.78, 5) is 29.5. The summed E-state index contributed by atoms with van der Waals surface area (Å²) in [7, 11) is 0. The Kier molecular flexibility index (Phi) is 7.07. The number of hydrogen-bond donors (Lipinski definition) is 2. The molecule has 36 heavy (non-hydrogen) atoms. The van der Waals surface area contributed by atoms with Gasteiger partial charge in [-0.15, -0.1) is 0 Å². The minimum absolute atomic E-state index is 0.0764. The van der Waals surface area contributed by atoms with Crippen molar-refractivity contribution in [2.75, 3.05) is 6.61 Å². The Hall–Kier alpha value is -4.00. The SMILES string of the molecule is O=C(NCc1ccccc1)[C@H](c1ccc(O)cc1)N(C(=O)[C@H]1COc2ccccc2O1)C1CCCC1. The normalized spacial score (nSPS) is 17.8. The summed E-state index contributed by atoms with van der Waals surface area (Å²) >= 11 is 0. The fourth-order valence-corrected chi connectivity index (χ4v) is 4.98. The van der Waals surface area contributed by atoms with E-state index >= 15 is 0 Å². The maximum absolute atomic E-state index is 14.0. The van der Waals surface area contributed by atoms with E-state index in [0.717, 1.165) is 31.2 Å². The molecule has 2 aliphatic rings. The summed E-state index contributed by atoms with van der Waals surface area (Å²) in [5.74, 6) is 0.667. The van der Waals surface area contributed by atoms with Gasteiger partial charge in [-0.1, -0.05) is 67.4 Å². The van der Waals surface area contributed by atoms with E-state index in [1.54, 1.807) is 41.3 Å². The van der Waals surface area contributed by atoms with Crippen LogP contribution >= 0.6 is 0 Å². The van der Waals surface area contributed by atoms with Crippen molar-refractivity contribution in [3.8, 4) is 17.2 Å². The Bertz CT molecular complexity index is 1190. The second kappa shape index (κ2) is 10.7. The first kappa shape index (κ1) is 23.7. The number of fused-ring (bicyclic) bond motifs is 1. The van der Waals surface area contributed by atoms with Gasteiger partial charge in [0.05, 0.1) is 0 Å². The molecule has 1 aliphatic heterocycles. The van der Waals surface area contributed by atoms with E-state index in [-0.39, 0.29) is 30.2 Å². The monoisotopic (exact) mass is 486 g/mol. The Morgan fingerprint density at radius 3 is 2.31 bits per heavy atom. The van der Waals surface area contributed by atoms with Crippen LogP contribution in [0.5, 0.6) is 17.2 Å². The summed E-state index contributed by atoms with van der Waals surface area (Å²) in [6.07, 6.45) is 2.76. The number of para-hydroxylation sites is 2. The molecular weight excluding hydrogens is 456 g/mol. The molecule has 0 spiro atoms. The van der Waals surface area contributed by atoms with Gasteiger partial charge in [-0.05, 0) is 48.2 Å². The highest BCUT2D eigenvalue weighted by Gasteiger charge is 2.42. The molecule has 3 aromatic rings. The van der Waals surface area contributed by atoms with Crippen LogP contribution in [0.2, 0.25) is 0 Å². The molecular formula is C29H30N2O5. The standard InChI is InChI=1S/C29H30N2O5/c32-23-16-14-21(15-17-23)27(28(33)30-18-20-8-2-1-3-9-20)31(22-10-4-5-11-22)29(34)26-19-35-24-12-6-7-13-25(24)36-26/h1-3,6-9,12-17,22,26-27,32H,4-5,10-11,18-19H2,(H,30,33)/t26-,27+/m1/s1. The largest absolute Gasteiger partial charge is 0.508 e. The van der Waals surface area contributed by atoms with Crippen molar-refractivity contribution in [1.29, 1.82) is 0 Å². The molecule has 186 valence electrons. The van der Waals surface area contributed by atoms with Gasteiger partial charge in [0, 0.05) is 12.6 Å². The number of rotatable bonds is 7. The fraction of sp³-hybridized carbons (Fsp3) is 0.310. The zero-order valence-electron chi connectivity index (χ0n) is 20.0. The molecule has 3 aromatic carbocycles. The van der Waals surface area contributed by atoms with Crippen molar-refractivity contribution < 1.29 is 24.2 Å². The quantitative estimate of drug-likeness (QED) is 0.518. The molecule has 2 atom stereocenters. The van der Waals surface area contributed by atoms with Gasteiger partial charge < -0.3 is 24.8 Å². The van der Waals surface area contributed by atoms with E-state index < -0.39 is 12.1 Å². The molecule has 5 rings (SSSR count). The Morgan fingerprint density at radius 2 is 1.58 bits per heavy atom. The van der Waals surface area contributed by atoms with Gasteiger partial charge in [0.2, 0.25) is 12.0 Å². The van der Waals surface area contributed by atoms with Crippen LogP contribution in [0.3, 0.4) is 0 Å². The van der Waals surface area contributed by atoms with Crippen molar-refractivity contribution in [3.63, 3.8) is 0 Å². The van der Waals surface area contributed by atoms with Crippen LogP contribution in [0.1, 0.15) is 42.9 Å². The van der Waals surface area contributed by atoms with Gasteiger partial charge in [0.1, 0.15) is 18.4 Å². The number of ether oxygens (including phenoxy) is 2. The van der Waals surface area contributed by atoms with E-state index in [1.165, 1.54) is 0 Å². The molecule has 2 amide bonds. The summed E-state index contributed by atoms with van der Waals surface area (Å²) < 4.78 is 11.9. The lowest BCUT2D eigenvalue weighted by Gasteiger charge is -2.39. The third kappa shape index (κ3) is 5.15. The predicted octanol–water partition coefficient (Wildman–Crippen LogP) is 4.36. The molecule has 0 unspecified atom stereocenters. The lowest BCUT2D eigenvalue weighted by molar-refractivity contribution is -0.151. The number of phenolic OH excluding ortho intramolecular Hbond substituents is 1. The highest BCUT2D eigenvalue weighted by molar-refractivity contribution is 5.91. The molecule has 0 saturated heterocycles. The molecule has 1 fully saturated rings. The maximum Gasteiger partial charge on any atom is 0.268 e. The molecule has 0 radical (unpaired) electrons. The summed E-state index contributed by atoms with van der Waals surface area (Å²) in [6, 6.07) is 22.4. The smallest absolute Gasteiger partial charge is 0.268 e. The van der Waals surface area contributed by atoms with E-state index in [4.69, 9.17) is 9.47 Å². The molecule has 1 heterocycles. The molecule has 0 bridgehead atoms. The average Bonchev–Trinajstić information content (AvgIpc) is 3.45. The van der Waals surface area contributed by atoms with E-state index in [1.807, 2.05) is 42.5 Å². The zero-order chi connectivity index (χ0) is 24.9. The Labute approximate surface area is 210 Å². The minimum atomic E-state index is -0.870. The average molecular weight is 487 g/mol. The number of nitrogens with zero attached hydrogens (tertiary/aromatic N) is 1. The lowest BCUT2D eigenvalue weighted by Crippen LogP contribution is -2.54. The first-order valence-corrected chi connectivity index (χ1v) is 12.4. The number of carbonyl (C=O) groups excluding carboxylic acids is 2. The summed E-state index contributed by atoms with van der Waals surface area (Å²) in [5.41, 5.74) is 1.60. The highest BCUT2D eigenvalue weighted by Crippen LogP contribution is 2.36. The molecule has 1 saturated carbocycles. The fourth-order valence-electron chi connectivity index (χ4n) is 4.98. The summed E-state index contributed by atoms with van der Waals surface area (Å²) in [6.45, 7) is 0.421. The third-order valence-electron chi connectivity index (χ3n) is 6.80. The van der Waals surface area contributed by atoms with Gasteiger partial charge in [-0.3, -0.25) is 9.59 Å². The lowest BCUT2D eigenvalue weighted by atomic mass is 9.99. The van der Waals surface area contributed by atoms with Crippen LogP contribution in [0.25, 0.3) is 0 Å². The number of aromatic hydroxyl groups is 1. The summed E-state index contributed by atoms with van der Waals surface area (Å²) in [5, 5.41) is 12.9. The van der Waals surface area contributed by atoms with Crippen LogP contribution in [0.15, 0.2) is 78.9 Å². The number of carbonyl (C=O) groups is 2. The van der Waals surface area contributed by atoms with Crippen molar-refractivity contribution in [2.45, 2.75) is 50.4 Å². The van der Waals surface area contributed by atoms with Crippen LogP contribution < -0.4 is 14.8 Å². The van der Waals surface area contributed by atoms with Crippen molar-refractivity contribution in [2.24, 2.45) is 0 Å². The number of benzene rings is 3. The van der Waals surface area contributed by atoms with Crippen LogP contribution in [-0.2, 0) is 16.1 Å². The minimum Gasteiger partial charge on any atom is -0.508 e. The van der Waals surface area contributed by atoms with Gasteiger partial charge in [-0.25, -0.2) is 0 Å². The van der Waals surface area contributed by atoms with E-state index in [0.29, 0.717) is 23.6 Å². The number of amides is 2. The van der Waals surface area contributed by atoms with Gasteiger partial charge >= 0.3 is 0 Å². The van der Waals surface area contributed by atoms with Gasteiger partial charge in [0.15, 0.2) is 11.5 Å². The second-order valence-electron chi connectivity index (χ2n) is 9.25. The Morgan fingerprint density at radius 1 is 0.917 bits per heavy atom. The molecule has 0 aromatic heterocycles. The van der Waals surface area contributed by atoms with Crippen molar-refractivity contribution >= 4 is 11.8 Å². The number of hydrogen-bond acceptors (Lipinski definition) is 5. The van der Waals surface area contributed by atoms with E-state index in [2.05, 4.69) is 5.32 Å². The van der Waals surface area contributed by atoms with Gasteiger partial charge in [-0.2, -0.15) is 0 Å². The molecule has 7 nitrogen and oxygen atoms in total. The van der Waals surface area contributed by atoms with Crippen molar-refractivity contribution in [1.82, 2.24) is 10.2 Å². The van der Waals surface area contributed by atoms with Gasteiger partial charge in [0.25, 0.3) is 5.91 Å². The maximum atomic E-state index is 14.0.